The minimum atomic E-state index is -4.29. The van der Waals surface area contributed by atoms with Crippen molar-refractivity contribution in [3.63, 3.8) is 0 Å². The van der Waals surface area contributed by atoms with Crippen LogP contribution in [-0.4, -0.2) is 51.4 Å². The number of nitrogens with one attached hydrogen (secondary N) is 1. The monoisotopic (exact) mass is 625 g/mol. The average molecular weight is 627 g/mol. The first-order valence-electron chi connectivity index (χ1n) is 12.4. The third-order valence-corrected chi connectivity index (χ3v) is 8.84. The Labute approximate surface area is 249 Å². The molecule has 40 heavy (non-hydrogen) atoms. The zero-order chi connectivity index (χ0) is 29.4. The first-order valence-corrected chi connectivity index (χ1v) is 15.0. The van der Waals surface area contributed by atoms with E-state index < -0.39 is 34.4 Å². The molecule has 2 amide bonds. The summed E-state index contributed by atoms with van der Waals surface area (Å²) in [5, 5.41) is 3.63. The first kappa shape index (κ1) is 31.5. The lowest BCUT2D eigenvalue weighted by Crippen LogP contribution is -2.51. The summed E-state index contributed by atoms with van der Waals surface area (Å²) in [5.74, 6) is -0.890. The molecule has 0 fully saturated rings. The third-order valence-electron chi connectivity index (χ3n) is 6.13. The molecule has 3 aromatic carbocycles. The second kappa shape index (κ2) is 14.1. The van der Waals surface area contributed by atoms with Gasteiger partial charge < -0.3 is 15.0 Å². The van der Waals surface area contributed by atoms with E-state index in [-0.39, 0.29) is 27.9 Å². The lowest BCUT2D eigenvalue weighted by atomic mass is 10.1. The molecule has 1 atom stereocenters. The van der Waals surface area contributed by atoms with Crippen LogP contribution in [0.3, 0.4) is 0 Å². The minimum absolute atomic E-state index is 0.0423. The maximum absolute atomic E-state index is 14.0. The van der Waals surface area contributed by atoms with Crippen LogP contribution in [0.4, 0.5) is 5.69 Å². The standard InChI is InChI=1S/C28H30Cl3N3O5S/c1-4-15-32-28(36)19(2)33(17-22-23(30)11-8-12-24(22)31)27(35)18-34(25-16-20(29)13-14-26(25)39-3)40(37,38)21-9-6-5-7-10-21/h5-14,16,19H,4,15,17-18H2,1-3H3,(H,32,36)/t19-/m0/s1. The Hall–Kier alpha value is -2.98. The molecule has 3 rings (SSSR count). The van der Waals surface area contributed by atoms with Gasteiger partial charge in [-0.25, -0.2) is 8.42 Å². The molecule has 0 spiro atoms. The number of carbonyl (C=O) groups is 2. The van der Waals surface area contributed by atoms with Gasteiger partial charge in [-0.2, -0.15) is 0 Å². The number of hydrogen-bond acceptors (Lipinski definition) is 5. The zero-order valence-electron chi connectivity index (χ0n) is 22.2. The summed E-state index contributed by atoms with van der Waals surface area (Å²) >= 11 is 19.0. The molecular formula is C28H30Cl3N3O5S. The van der Waals surface area contributed by atoms with Gasteiger partial charge in [0, 0.05) is 33.7 Å². The Balaban J connectivity index is 2.12. The number of benzene rings is 3. The molecule has 0 aliphatic rings. The van der Waals surface area contributed by atoms with Crippen LogP contribution in [-0.2, 0) is 26.2 Å². The highest BCUT2D eigenvalue weighted by Crippen LogP contribution is 2.35. The van der Waals surface area contributed by atoms with Gasteiger partial charge in [-0.1, -0.05) is 66.0 Å². The van der Waals surface area contributed by atoms with Gasteiger partial charge in [-0.05, 0) is 55.8 Å². The fraction of sp³-hybridized carbons (Fsp3) is 0.286. The SMILES string of the molecule is CCCNC(=O)[C@H](C)N(Cc1c(Cl)cccc1Cl)C(=O)CN(c1cc(Cl)ccc1OC)S(=O)(=O)c1ccccc1. The molecule has 214 valence electrons. The summed E-state index contributed by atoms with van der Waals surface area (Å²) in [4.78, 5) is 28.2. The average Bonchev–Trinajstić information content (AvgIpc) is 2.94. The highest BCUT2D eigenvalue weighted by molar-refractivity contribution is 7.92. The van der Waals surface area contributed by atoms with Crippen LogP contribution < -0.4 is 14.4 Å². The Kier molecular flexibility index (Phi) is 11.1. The normalized spacial score (nSPS) is 11.9. The van der Waals surface area contributed by atoms with Gasteiger partial charge in [-0.3, -0.25) is 13.9 Å². The maximum atomic E-state index is 14.0. The van der Waals surface area contributed by atoms with Crippen LogP contribution in [0.1, 0.15) is 25.8 Å². The number of halogens is 3. The second-order valence-electron chi connectivity index (χ2n) is 8.83. The van der Waals surface area contributed by atoms with Crippen molar-refractivity contribution in [3.8, 4) is 5.75 Å². The van der Waals surface area contributed by atoms with E-state index >= 15 is 0 Å². The van der Waals surface area contributed by atoms with Crippen molar-refractivity contribution in [2.24, 2.45) is 0 Å². The van der Waals surface area contributed by atoms with Crippen LogP contribution in [0.5, 0.6) is 5.75 Å². The summed E-state index contributed by atoms with van der Waals surface area (Å²) in [6.07, 6.45) is 0.695. The number of carbonyl (C=O) groups excluding carboxylic acids is 2. The summed E-state index contributed by atoms with van der Waals surface area (Å²) in [7, 11) is -2.90. The predicted molar refractivity (Wildman–Crippen MR) is 159 cm³/mol. The van der Waals surface area contributed by atoms with E-state index in [4.69, 9.17) is 39.5 Å². The molecule has 0 heterocycles. The maximum Gasteiger partial charge on any atom is 0.264 e. The quantitative estimate of drug-likeness (QED) is 0.274. The molecule has 0 radical (unpaired) electrons. The van der Waals surface area contributed by atoms with Crippen molar-refractivity contribution >= 4 is 62.3 Å². The summed E-state index contributed by atoms with van der Waals surface area (Å²) in [6, 6.07) is 16.1. The van der Waals surface area contributed by atoms with Crippen LogP contribution in [0, 0.1) is 0 Å². The molecular weight excluding hydrogens is 597 g/mol. The van der Waals surface area contributed by atoms with E-state index in [1.54, 1.807) is 49.4 Å². The van der Waals surface area contributed by atoms with Gasteiger partial charge in [0.1, 0.15) is 18.3 Å². The topological polar surface area (TPSA) is 96.0 Å². The van der Waals surface area contributed by atoms with Crippen LogP contribution in [0.15, 0.2) is 71.6 Å². The molecule has 12 heteroatoms. The van der Waals surface area contributed by atoms with Crippen molar-refractivity contribution in [1.29, 1.82) is 0 Å². The van der Waals surface area contributed by atoms with E-state index in [1.165, 1.54) is 36.3 Å². The predicted octanol–water partition coefficient (Wildman–Crippen LogP) is 5.79. The second-order valence-corrected chi connectivity index (χ2v) is 11.9. The lowest BCUT2D eigenvalue weighted by Gasteiger charge is -2.32. The molecule has 0 aromatic heterocycles. The molecule has 0 saturated carbocycles. The molecule has 1 N–H and O–H groups in total. The number of methoxy groups -OCH3 is 1. The van der Waals surface area contributed by atoms with E-state index in [1.807, 2.05) is 6.92 Å². The number of hydrogen-bond donors (Lipinski definition) is 1. The van der Waals surface area contributed by atoms with E-state index in [0.29, 0.717) is 28.6 Å². The van der Waals surface area contributed by atoms with Gasteiger partial charge in [0.15, 0.2) is 0 Å². The molecule has 0 unspecified atom stereocenters. The molecule has 0 aliphatic carbocycles. The van der Waals surface area contributed by atoms with Crippen molar-refractivity contribution in [1.82, 2.24) is 10.2 Å². The lowest BCUT2D eigenvalue weighted by molar-refractivity contribution is -0.139. The van der Waals surface area contributed by atoms with Crippen molar-refractivity contribution in [2.75, 3.05) is 24.5 Å². The Morgan fingerprint density at radius 1 is 0.975 bits per heavy atom. The smallest absolute Gasteiger partial charge is 0.264 e. The van der Waals surface area contributed by atoms with Crippen LogP contribution in [0.2, 0.25) is 15.1 Å². The fourth-order valence-corrected chi connectivity index (χ4v) is 6.04. The summed E-state index contributed by atoms with van der Waals surface area (Å²) in [5.41, 5.74) is 0.484. The number of anilines is 1. The number of nitrogens with zero attached hydrogens (tertiary/aromatic N) is 2. The largest absolute Gasteiger partial charge is 0.495 e. The molecule has 0 saturated heterocycles. The summed E-state index contributed by atoms with van der Waals surface area (Å²) in [6.45, 7) is 3.07. The zero-order valence-corrected chi connectivity index (χ0v) is 25.3. The van der Waals surface area contributed by atoms with Crippen molar-refractivity contribution in [3.05, 3.63) is 87.4 Å². The molecule has 3 aromatic rings. The molecule has 8 nitrogen and oxygen atoms in total. The van der Waals surface area contributed by atoms with Gasteiger partial charge >= 0.3 is 0 Å². The van der Waals surface area contributed by atoms with Crippen molar-refractivity contribution in [2.45, 2.75) is 37.8 Å². The van der Waals surface area contributed by atoms with Crippen LogP contribution >= 0.6 is 34.8 Å². The summed E-state index contributed by atoms with van der Waals surface area (Å²) < 4.78 is 34.2. The van der Waals surface area contributed by atoms with E-state index in [2.05, 4.69) is 5.32 Å². The van der Waals surface area contributed by atoms with E-state index in [9.17, 15) is 18.0 Å². The number of amides is 2. The minimum Gasteiger partial charge on any atom is -0.495 e. The number of sulfonamides is 1. The number of ether oxygens (including phenoxy) is 1. The fourth-order valence-electron chi connectivity index (χ4n) is 3.92. The van der Waals surface area contributed by atoms with Gasteiger partial charge in [0.2, 0.25) is 11.8 Å². The van der Waals surface area contributed by atoms with Gasteiger partial charge in [-0.15, -0.1) is 0 Å². The van der Waals surface area contributed by atoms with Gasteiger partial charge in [0.25, 0.3) is 10.0 Å². The highest BCUT2D eigenvalue weighted by Gasteiger charge is 2.34. The first-order chi connectivity index (χ1) is 19.0. The third kappa shape index (κ3) is 7.40. The molecule has 0 bridgehead atoms. The van der Waals surface area contributed by atoms with Gasteiger partial charge in [0.05, 0.1) is 17.7 Å². The molecule has 0 aliphatic heterocycles. The highest BCUT2D eigenvalue weighted by atomic mass is 35.5. The Morgan fingerprint density at radius 3 is 2.23 bits per heavy atom. The Morgan fingerprint density at radius 2 is 1.62 bits per heavy atom. The Bertz CT molecular complexity index is 1430. The van der Waals surface area contributed by atoms with E-state index in [0.717, 1.165) is 4.31 Å². The van der Waals surface area contributed by atoms with Crippen molar-refractivity contribution < 1.29 is 22.7 Å². The number of rotatable bonds is 12. The van der Waals surface area contributed by atoms with Crippen LogP contribution in [0.25, 0.3) is 0 Å².